The van der Waals surface area contributed by atoms with Gasteiger partial charge in [-0.15, -0.1) is 0 Å². The average Bonchev–Trinajstić information content (AvgIpc) is 3.92. The maximum Gasteiger partial charge on any atom is 0.312 e. The molecule has 5 heterocycles. The van der Waals surface area contributed by atoms with Gasteiger partial charge in [0.05, 0.1) is 26.6 Å². The fraction of sp³-hybridized carbons (Fsp3) is 0.370. The normalized spacial score (nSPS) is 18.1. The maximum absolute atomic E-state index is 15.2. The Kier molecular flexibility index (Phi) is 11.7. The Bertz CT molecular complexity index is 2900. The number of anilines is 1. The van der Waals surface area contributed by atoms with Crippen molar-refractivity contribution in [3.8, 4) is 11.4 Å². The van der Waals surface area contributed by atoms with Crippen molar-refractivity contribution >= 4 is 66.5 Å². The summed E-state index contributed by atoms with van der Waals surface area (Å²) in [6, 6.07) is 20.1. The number of hydrogen-bond donors (Lipinski definition) is 2. The van der Waals surface area contributed by atoms with Crippen molar-refractivity contribution in [2.75, 3.05) is 57.4 Å². The van der Waals surface area contributed by atoms with Gasteiger partial charge >= 0.3 is 5.69 Å². The number of nitro groups is 1. The molecule has 0 radical (unpaired) electrons. The van der Waals surface area contributed by atoms with Crippen molar-refractivity contribution < 1.29 is 32.0 Å². The van der Waals surface area contributed by atoms with E-state index in [4.69, 9.17) is 21.1 Å². The van der Waals surface area contributed by atoms with E-state index < -0.39 is 43.7 Å². The van der Waals surface area contributed by atoms with E-state index in [2.05, 4.69) is 55.6 Å². The predicted octanol–water partition coefficient (Wildman–Crippen LogP) is 8.27. The smallest absolute Gasteiger partial charge is 0.312 e. The highest BCUT2D eigenvalue weighted by molar-refractivity contribution is 7.90. The third-order valence-corrected chi connectivity index (χ3v) is 14.2. The SMILES string of the molecule is CC1(C)CCC(CN2CCN(c3ccc(C(=O)NS(=O)(=O)c4ccc(OCC5(F)CCOCC5)c([N+](=O)[O-])c4)c(-n4[nH]cc5nc6nccc6cc54)c3)CC2)=C(c2ccc(Cl)cc2)C1. The highest BCUT2D eigenvalue weighted by Gasteiger charge is 2.35. The predicted molar refractivity (Wildman–Crippen MR) is 243 cm³/mol. The number of aromatic amines is 1. The van der Waals surface area contributed by atoms with E-state index in [0.29, 0.717) is 35.5 Å². The first-order valence-electron chi connectivity index (χ1n) is 21.3. The molecule has 0 unspecified atom stereocenters. The Hall–Kier alpha value is -5.88. The van der Waals surface area contributed by atoms with Crippen LogP contribution in [0, 0.1) is 15.5 Å². The second kappa shape index (κ2) is 17.3. The number of halogens is 2. The molecule has 2 N–H and O–H groups in total. The number of amides is 1. The van der Waals surface area contributed by atoms with Crippen LogP contribution in [-0.2, 0) is 14.8 Å². The molecule has 64 heavy (non-hydrogen) atoms. The van der Waals surface area contributed by atoms with Gasteiger partial charge in [-0.2, -0.15) is 0 Å². The Balaban J connectivity index is 0.977. The fourth-order valence-corrected chi connectivity index (χ4v) is 9.97. The standard InChI is InChI=1S/C46H48ClFN8O7S/c1-45(2)13-11-32(37(26-45)30-3-5-33(47)6-4-30)28-53-17-19-54(20-18-53)34-7-9-36(39(24-34)55-40-23-31-12-16-49-43(31)51-38(40)27-50-55)44(57)52-64(60,61)35-8-10-42(41(25-35)56(58)59)63-29-46(48)14-21-62-22-15-46/h3-10,12,16,23-25,27,50H,11,13-15,17-22,26,28-29H2,1-2H3,(H,52,57). The molecule has 2 saturated heterocycles. The lowest BCUT2D eigenvalue weighted by Crippen LogP contribution is -2.47. The summed E-state index contributed by atoms with van der Waals surface area (Å²) >= 11 is 6.25. The number of hydrogen-bond acceptors (Lipinski definition) is 11. The topological polar surface area (TPSA) is 178 Å². The van der Waals surface area contributed by atoms with Crippen LogP contribution in [0.4, 0.5) is 15.8 Å². The van der Waals surface area contributed by atoms with Gasteiger partial charge in [-0.25, -0.2) is 27.5 Å². The number of carbonyl (C=O) groups excluding carboxylic acids is 1. The molecule has 0 spiro atoms. The largest absolute Gasteiger partial charge is 0.483 e. The number of aromatic nitrogens is 4. The van der Waals surface area contributed by atoms with Crippen LogP contribution in [0.5, 0.6) is 5.75 Å². The Morgan fingerprint density at radius 2 is 1.78 bits per heavy atom. The van der Waals surface area contributed by atoms with Crippen LogP contribution in [-0.4, -0.2) is 102 Å². The van der Waals surface area contributed by atoms with Gasteiger partial charge in [0.15, 0.2) is 11.4 Å². The second-order valence-electron chi connectivity index (χ2n) is 17.6. The van der Waals surface area contributed by atoms with Crippen LogP contribution >= 0.6 is 11.6 Å². The number of nitro benzene ring substituents is 1. The first-order valence-corrected chi connectivity index (χ1v) is 23.2. The number of rotatable bonds is 12. The molecular formula is C46H48ClFN8O7S. The molecule has 334 valence electrons. The Labute approximate surface area is 374 Å². The minimum absolute atomic E-state index is 0.0153. The monoisotopic (exact) mass is 910 g/mol. The zero-order chi connectivity index (χ0) is 44.8. The summed E-state index contributed by atoms with van der Waals surface area (Å²) in [6.07, 6.45) is 6.62. The highest BCUT2D eigenvalue weighted by Crippen LogP contribution is 2.43. The van der Waals surface area contributed by atoms with Crippen molar-refractivity contribution in [3.05, 3.63) is 117 Å². The molecule has 3 aromatic carbocycles. The van der Waals surface area contributed by atoms with E-state index in [1.54, 1.807) is 29.2 Å². The van der Waals surface area contributed by atoms with Gasteiger partial charge in [-0.3, -0.25) is 29.6 Å². The van der Waals surface area contributed by atoms with Crippen molar-refractivity contribution in [2.45, 2.75) is 56.5 Å². The number of ether oxygens (including phenoxy) is 2. The quantitative estimate of drug-likeness (QED) is 0.0893. The van der Waals surface area contributed by atoms with Crippen molar-refractivity contribution in [3.63, 3.8) is 0 Å². The van der Waals surface area contributed by atoms with Crippen molar-refractivity contribution in [1.29, 1.82) is 0 Å². The maximum atomic E-state index is 15.2. The van der Waals surface area contributed by atoms with Crippen molar-refractivity contribution in [2.24, 2.45) is 5.41 Å². The number of piperazine rings is 1. The van der Waals surface area contributed by atoms with Gasteiger partial charge in [0.2, 0.25) is 0 Å². The molecule has 6 aromatic rings. The molecule has 0 bridgehead atoms. The molecule has 3 aliphatic rings. The van der Waals surface area contributed by atoms with E-state index in [1.165, 1.54) is 16.7 Å². The second-order valence-corrected chi connectivity index (χ2v) is 19.7. The van der Waals surface area contributed by atoms with Gasteiger partial charge in [-0.05, 0) is 90.4 Å². The lowest BCUT2D eigenvalue weighted by molar-refractivity contribution is -0.386. The third-order valence-electron chi connectivity index (χ3n) is 12.6. The van der Waals surface area contributed by atoms with Gasteiger partial charge in [0.1, 0.15) is 17.8 Å². The molecule has 1 aliphatic carbocycles. The Morgan fingerprint density at radius 1 is 1.02 bits per heavy atom. The molecular weight excluding hydrogens is 863 g/mol. The molecule has 9 rings (SSSR count). The summed E-state index contributed by atoms with van der Waals surface area (Å²) in [4.78, 5) is 38.6. The van der Waals surface area contributed by atoms with E-state index in [9.17, 15) is 23.3 Å². The number of sulfonamides is 1. The molecule has 0 saturated carbocycles. The van der Waals surface area contributed by atoms with Crippen LogP contribution in [0.2, 0.25) is 5.02 Å². The lowest BCUT2D eigenvalue weighted by atomic mass is 9.72. The summed E-state index contributed by atoms with van der Waals surface area (Å²) in [5.74, 6) is -1.26. The van der Waals surface area contributed by atoms with Crippen LogP contribution in [0.3, 0.4) is 0 Å². The Morgan fingerprint density at radius 3 is 2.53 bits per heavy atom. The van der Waals surface area contributed by atoms with E-state index >= 15 is 4.39 Å². The number of nitrogens with one attached hydrogen (secondary N) is 2. The summed E-state index contributed by atoms with van der Waals surface area (Å²) in [6.45, 7) is 8.48. The number of benzene rings is 3. The van der Waals surface area contributed by atoms with Crippen LogP contribution < -0.4 is 14.4 Å². The summed E-state index contributed by atoms with van der Waals surface area (Å²) < 4.78 is 57.3. The molecule has 1 amide bonds. The summed E-state index contributed by atoms with van der Waals surface area (Å²) in [7, 11) is -4.67. The minimum Gasteiger partial charge on any atom is -0.483 e. The molecule has 15 nitrogen and oxygen atoms in total. The lowest BCUT2D eigenvalue weighted by Gasteiger charge is -2.39. The molecule has 2 fully saturated rings. The van der Waals surface area contributed by atoms with E-state index in [-0.39, 0.29) is 42.8 Å². The van der Waals surface area contributed by atoms with Crippen molar-refractivity contribution in [1.82, 2.24) is 29.4 Å². The number of alkyl halides is 1. The molecule has 3 aromatic heterocycles. The number of carbonyl (C=O) groups is 1. The number of allylic oxidation sites excluding steroid dienone is 1. The van der Waals surface area contributed by atoms with Crippen LogP contribution in [0.15, 0.2) is 95.7 Å². The first-order chi connectivity index (χ1) is 30.6. The third kappa shape index (κ3) is 9.07. The van der Waals surface area contributed by atoms with Crippen LogP contribution in [0.1, 0.15) is 61.9 Å². The van der Waals surface area contributed by atoms with Crippen LogP contribution in [0.25, 0.3) is 33.3 Å². The highest BCUT2D eigenvalue weighted by atomic mass is 35.5. The first kappa shape index (κ1) is 43.4. The average molecular weight is 911 g/mol. The molecule has 2 aliphatic heterocycles. The minimum atomic E-state index is -4.67. The number of fused-ring (bicyclic) bond motifs is 2. The zero-order valence-corrected chi connectivity index (χ0v) is 37.1. The summed E-state index contributed by atoms with van der Waals surface area (Å²) in [5.41, 5.74) is 4.81. The van der Waals surface area contributed by atoms with Gasteiger partial charge in [0.25, 0.3) is 15.9 Å². The molecule has 18 heteroatoms. The van der Waals surface area contributed by atoms with Gasteiger partial charge in [0, 0.05) is 93.3 Å². The number of nitrogens with zero attached hydrogens (tertiary/aromatic N) is 6. The molecule has 0 atom stereocenters. The van der Waals surface area contributed by atoms with E-state index in [1.807, 2.05) is 30.3 Å². The van der Waals surface area contributed by atoms with E-state index in [0.717, 1.165) is 73.2 Å². The van der Waals surface area contributed by atoms with Gasteiger partial charge in [-0.1, -0.05) is 43.2 Å². The summed E-state index contributed by atoms with van der Waals surface area (Å²) in [5, 5.41) is 16.8. The fourth-order valence-electron chi connectivity index (χ4n) is 8.86. The number of pyridine rings is 1. The number of H-pyrrole nitrogens is 1. The zero-order valence-electron chi connectivity index (χ0n) is 35.5. The van der Waals surface area contributed by atoms with Gasteiger partial charge < -0.3 is 14.4 Å².